The normalized spacial score (nSPS) is 21.8. The fourth-order valence-electron chi connectivity index (χ4n) is 2.86. The summed E-state index contributed by atoms with van der Waals surface area (Å²) in [5, 5.41) is 4.04. The lowest BCUT2D eigenvalue weighted by atomic mass is 9.93. The molecule has 2 fully saturated rings. The van der Waals surface area contributed by atoms with Gasteiger partial charge in [-0.25, -0.2) is 12.7 Å². The molecule has 0 aromatic carbocycles. The van der Waals surface area contributed by atoms with Crippen molar-refractivity contribution >= 4 is 10.0 Å². The Hall–Kier alpha value is -0.950. The summed E-state index contributed by atoms with van der Waals surface area (Å²) in [6.07, 6.45) is 6.07. The van der Waals surface area contributed by atoms with Crippen LogP contribution >= 0.6 is 0 Å². The van der Waals surface area contributed by atoms with Gasteiger partial charge in [0.05, 0.1) is 5.75 Å². The molecule has 1 saturated heterocycles. The maximum atomic E-state index is 11.8. The van der Waals surface area contributed by atoms with Gasteiger partial charge < -0.3 is 4.52 Å². The average molecular weight is 313 g/mol. The Bertz CT molecular complexity index is 572. The van der Waals surface area contributed by atoms with E-state index in [-0.39, 0.29) is 5.75 Å². The minimum atomic E-state index is -3.02. The first-order valence-corrected chi connectivity index (χ1v) is 9.49. The molecule has 2 aliphatic rings. The highest BCUT2D eigenvalue weighted by molar-refractivity contribution is 7.89. The topological polar surface area (TPSA) is 76.3 Å². The molecule has 1 aliphatic carbocycles. The maximum Gasteiger partial charge on any atom is 0.229 e. The van der Waals surface area contributed by atoms with Crippen LogP contribution in [0.5, 0.6) is 0 Å². The van der Waals surface area contributed by atoms with Crippen molar-refractivity contribution in [3.8, 4) is 0 Å². The second kappa shape index (κ2) is 6.04. The maximum absolute atomic E-state index is 11.8. The summed E-state index contributed by atoms with van der Waals surface area (Å²) in [6.45, 7) is 3.01. The summed E-state index contributed by atoms with van der Waals surface area (Å²) in [4.78, 5) is 4.44. The van der Waals surface area contributed by atoms with E-state index in [4.69, 9.17) is 4.52 Å². The van der Waals surface area contributed by atoms with Gasteiger partial charge in [0.15, 0.2) is 5.82 Å². The Morgan fingerprint density at radius 1 is 1.24 bits per heavy atom. The number of hydrogen-bond donors (Lipinski definition) is 0. The largest absolute Gasteiger partial charge is 0.339 e. The molecule has 0 amide bonds. The van der Waals surface area contributed by atoms with Crippen molar-refractivity contribution in [1.29, 1.82) is 0 Å². The average Bonchev–Trinajstić information content (AvgIpc) is 3.24. The second-order valence-corrected chi connectivity index (χ2v) is 8.36. The smallest absolute Gasteiger partial charge is 0.229 e. The SMILES string of the molecule is CCS(=O)(=O)N1CCC(CCc2noc(C3CC3)n2)CC1. The van der Waals surface area contributed by atoms with Gasteiger partial charge in [-0.1, -0.05) is 5.16 Å². The van der Waals surface area contributed by atoms with Crippen LogP contribution < -0.4 is 0 Å². The van der Waals surface area contributed by atoms with E-state index in [1.807, 2.05) is 0 Å². The minimum Gasteiger partial charge on any atom is -0.339 e. The molecule has 0 spiro atoms. The van der Waals surface area contributed by atoms with E-state index in [0.29, 0.717) is 24.9 Å². The standard InChI is InChI=1S/C14H23N3O3S/c1-2-21(18,19)17-9-7-11(8-10-17)3-6-13-15-14(20-16-13)12-4-5-12/h11-12H,2-10H2,1H3. The first-order chi connectivity index (χ1) is 10.1. The molecule has 1 aliphatic heterocycles. The van der Waals surface area contributed by atoms with Crippen LogP contribution in [0.3, 0.4) is 0 Å². The van der Waals surface area contributed by atoms with Gasteiger partial charge in [0.2, 0.25) is 15.9 Å². The molecule has 6 nitrogen and oxygen atoms in total. The lowest BCUT2D eigenvalue weighted by molar-refractivity contribution is 0.262. The van der Waals surface area contributed by atoms with Crippen LogP contribution in [0.15, 0.2) is 4.52 Å². The molecule has 3 rings (SSSR count). The van der Waals surface area contributed by atoms with Crippen LogP contribution in [0.2, 0.25) is 0 Å². The van der Waals surface area contributed by atoms with E-state index in [0.717, 1.165) is 37.4 Å². The summed E-state index contributed by atoms with van der Waals surface area (Å²) >= 11 is 0. The van der Waals surface area contributed by atoms with E-state index in [9.17, 15) is 8.42 Å². The molecule has 118 valence electrons. The summed E-state index contributed by atoms with van der Waals surface area (Å²) in [6, 6.07) is 0. The van der Waals surface area contributed by atoms with Crippen LogP contribution in [0.1, 0.15) is 56.7 Å². The predicted octanol–water partition coefficient (Wildman–Crippen LogP) is 1.94. The lowest BCUT2D eigenvalue weighted by Crippen LogP contribution is -2.39. The monoisotopic (exact) mass is 313 g/mol. The molecule has 1 saturated carbocycles. The highest BCUT2D eigenvalue weighted by Gasteiger charge is 2.30. The zero-order valence-corrected chi connectivity index (χ0v) is 13.3. The summed E-state index contributed by atoms with van der Waals surface area (Å²) in [5.74, 6) is 2.88. The third kappa shape index (κ3) is 3.63. The summed E-state index contributed by atoms with van der Waals surface area (Å²) < 4.78 is 30.5. The molecule has 21 heavy (non-hydrogen) atoms. The molecule has 7 heteroatoms. The highest BCUT2D eigenvalue weighted by atomic mass is 32.2. The van der Waals surface area contributed by atoms with E-state index in [1.54, 1.807) is 11.2 Å². The van der Waals surface area contributed by atoms with Crippen molar-refractivity contribution in [2.24, 2.45) is 5.92 Å². The predicted molar refractivity (Wildman–Crippen MR) is 78.4 cm³/mol. The Morgan fingerprint density at radius 3 is 2.57 bits per heavy atom. The number of aryl methyl sites for hydroxylation is 1. The molecule has 0 atom stereocenters. The van der Waals surface area contributed by atoms with Gasteiger partial charge in [-0.15, -0.1) is 0 Å². The first kappa shape index (κ1) is 15.0. The number of nitrogens with zero attached hydrogens (tertiary/aromatic N) is 3. The van der Waals surface area contributed by atoms with Crippen LogP contribution in [-0.4, -0.2) is 41.7 Å². The Morgan fingerprint density at radius 2 is 1.95 bits per heavy atom. The van der Waals surface area contributed by atoms with Crippen molar-refractivity contribution in [2.75, 3.05) is 18.8 Å². The Kier molecular flexibility index (Phi) is 4.31. The van der Waals surface area contributed by atoms with Gasteiger partial charge in [-0.05, 0) is 44.9 Å². The van der Waals surface area contributed by atoms with E-state index >= 15 is 0 Å². The van der Waals surface area contributed by atoms with Gasteiger partial charge in [0, 0.05) is 25.4 Å². The zero-order valence-electron chi connectivity index (χ0n) is 12.5. The van der Waals surface area contributed by atoms with E-state index < -0.39 is 10.0 Å². The zero-order chi connectivity index (χ0) is 14.9. The first-order valence-electron chi connectivity index (χ1n) is 7.89. The third-order valence-electron chi connectivity index (χ3n) is 4.52. The molecule has 1 aromatic rings. The molecule has 0 N–H and O–H groups in total. The second-order valence-electron chi connectivity index (χ2n) is 6.10. The van der Waals surface area contributed by atoms with Crippen LogP contribution in [-0.2, 0) is 16.4 Å². The molecular weight excluding hydrogens is 290 g/mol. The van der Waals surface area contributed by atoms with E-state index in [2.05, 4.69) is 10.1 Å². The van der Waals surface area contributed by atoms with Crippen molar-refractivity contribution < 1.29 is 12.9 Å². The Labute approximate surface area is 126 Å². The van der Waals surface area contributed by atoms with Crippen molar-refractivity contribution in [2.45, 2.75) is 51.4 Å². The number of rotatable bonds is 6. The molecular formula is C14H23N3O3S. The van der Waals surface area contributed by atoms with Crippen molar-refractivity contribution in [3.05, 3.63) is 11.7 Å². The molecule has 0 radical (unpaired) electrons. The van der Waals surface area contributed by atoms with Gasteiger partial charge in [0.1, 0.15) is 0 Å². The number of sulfonamides is 1. The quantitative estimate of drug-likeness (QED) is 0.802. The van der Waals surface area contributed by atoms with Crippen LogP contribution in [0.4, 0.5) is 0 Å². The van der Waals surface area contributed by atoms with Gasteiger partial charge in [0.25, 0.3) is 0 Å². The van der Waals surface area contributed by atoms with Crippen LogP contribution in [0.25, 0.3) is 0 Å². The third-order valence-corrected chi connectivity index (χ3v) is 6.40. The molecule has 2 heterocycles. The summed E-state index contributed by atoms with van der Waals surface area (Å²) in [5.41, 5.74) is 0. The molecule has 0 bridgehead atoms. The highest BCUT2D eigenvalue weighted by Crippen LogP contribution is 2.38. The summed E-state index contributed by atoms with van der Waals surface area (Å²) in [7, 11) is -3.02. The van der Waals surface area contributed by atoms with Gasteiger partial charge in [-0.2, -0.15) is 4.98 Å². The van der Waals surface area contributed by atoms with E-state index in [1.165, 1.54) is 12.8 Å². The Balaban J connectivity index is 1.44. The fourth-order valence-corrected chi connectivity index (χ4v) is 3.99. The number of aromatic nitrogens is 2. The van der Waals surface area contributed by atoms with Crippen molar-refractivity contribution in [1.82, 2.24) is 14.4 Å². The number of piperidine rings is 1. The molecule has 0 unspecified atom stereocenters. The van der Waals surface area contributed by atoms with Gasteiger partial charge in [-0.3, -0.25) is 0 Å². The van der Waals surface area contributed by atoms with Crippen LogP contribution in [0, 0.1) is 5.92 Å². The lowest BCUT2D eigenvalue weighted by Gasteiger charge is -2.30. The van der Waals surface area contributed by atoms with Crippen molar-refractivity contribution in [3.63, 3.8) is 0 Å². The molecule has 1 aromatic heterocycles. The van der Waals surface area contributed by atoms with Gasteiger partial charge >= 0.3 is 0 Å². The number of hydrogen-bond acceptors (Lipinski definition) is 5. The fraction of sp³-hybridized carbons (Fsp3) is 0.857. The minimum absolute atomic E-state index is 0.199.